The van der Waals surface area contributed by atoms with Crippen LogP contribution in [-0.2, 0) is 9.59 Å². The van der Waals surface area contributed by atoms with Gasteiger partial charge in [0.25, 0.3) is 0 Å². The summed E-state index contributed by atoms with van der Waals surface area (Å²) in [7, 11) is 0. The molecule has 1 aliphatic rings. The molecule has 1 aliphatic carbocycles. The molecule has 0 aromatic carbocycles. The third-order valence-electron chi connectivity index (χ3n) is 3.17. The summed E-state index contributed by atoms with van der Waals surface area (Å²) in [6, 6.07) is 0. The van der Waals surface area contributed by atoms with E-state index >= 15 is 0 Å². The van der Waals surface area contributed by atoms with Crippen LogP contribution >= 0.6 is 0 Å². The topological polar surface area (TPSA) is 74.6 Å². The fourth-order valence-corrected chi connectivity index (χ4v) is 2.20. The first-order chi connectivity index (χ1) is 6.56. The molecule has 3 unspecified atom stereocenters. The van der Waals surface area contributed by atoms with Crippen LogP contribution < -0.4 is 59.1 Å². The Labute approximate surface area is 143 Å². The van der Waals surface area contributed by atoms with Gasteiger partial charge in [0.2, 0.25) is 0 Å². The molecule has 2 N–H and O–H groups in total. The van der Waals surface area contributed by atoms with Gasteiger partial charge in [-0.2, -0.15) is 0 Å². The second-order valence-electron chi connectivity index (χ2n) is 3.98. The van der Waals surface area contributed by atoms with Crippen LogP contribution in [0.1, 0.15) is 35.5 Å². The molecule has 0 saturated heterocycles. The first-order valence-corrected chi connectivity index (χ1v) is 5.01. The van der Waals surface area contributed by atoms with Crippen molar-refractivity contribution < 1.29 is 81.8 Å². The van der Waals surface area contributed by atoms with Gasteiger partial charge in [0.15, 0.2) is 0 Å². The van der Waals surface area contributed by atoms with Gasteiger partial charge in [-0.15, -0.1) is 0 Å². The van der Waals surface area contributed by atoms with E-state index in [1.807, 2.05) is 6.92 Å². The number of carbonyl (C=O) groups is 2. The zero-order chi connectivity index (χ0) is 10.7. The molecular formula is C10H18Na2O4. The number of rotatable bonds is 3. The molecule has 0 spiro atoms. The van der Waals surface area contributed by atoms with Gasteiger partial charge in [-0.1, -0.05) is 13.3 Å². The summed E-state index contributed by atoms with van der Waals surface area (Å²) in [4.78, 5) is 21.7. The van der Waals surface area contributed by atoms with E-state index in [1.54, 1.807) is 0 Å². The second kappa shape index (κ2) is 8.95. The van der Waals surface area contributed by atoms with Gasteiger partial charge in [-0.25, -0.2) is 0 Å². The Bertz CT molecular complexity index is 254. The van der Waals surface area contributed by atoms with E-state index in [9.17, 15) is 9.59 Å². The molecule has 0 heterocycles. The quantitative estimate of drug-likeness (QED) is 0.497. The molecule has 0 bridgehead atoms. The van der Waals surface area contributed by atoms with Crippen LogP contribution in [0.5, 0.6) is 0 Å². The first-order valence-electron chi connectivity index (χ1n) is 5.01. The monoisotopic (exact) mass is 248 g/mol. The fraction of sp³-hybridized carbons (Fsp3) is 0.800. The Morgan fingerprint density at radius 1 is 1.12 bits per heavy atom. The molecule has 0 amide bonds. The molecule has 1 saturated carbocycles. The van der Waals surface area contributed by atoms with E-state index in [0.717, 1.165) is 12.8 Å². The van der Waals surface area contributed by atoms with Crippen molar-refractivity contribution in [3.63, 3.8) is 0 Å². The van der Waals surface area contributed by atoms with Gasteiger partial charge in [0, 0.05) is 0 Å². The van der Waals surface area contributed by atoms with Crippen LogP contribution in [0.3, 0.4) is 0 Å². The minimum Gasteiger partial charge on any atom is -1.00 e. The Morgan fingerprint density at radius 3 is 2.00 bits per heavy atom. The molecule has 0 aromatic heterocycles. The van der Waals surface area contributed by atoms with Crippen molar-refractivity contribution in [2.45, 2.75) is 32.6 Å². The van der Waals surface area contributed by atoms with Crippen LogP contribution in [-0.4, -0.2) is 22.2 Å². The summed E-state index contributed by atoms with van der Waals surface area (Å²) >= 11 is 0. The normalized spacial score (nSPS) is 28.4. The van der Waals surface area contributed by atoms with Crippen molar-refractivity contribution >= 4 is 11.9 Å². The molecular weight excluding hydrogens is 230 g/mol. The van der Waals surface area contributed by atoms with E-state index in [4.69, 9.17) is 10.2 Å². The van der Waals surface area contributed by atoms with Crippen molar-refractivity contribution in [3.05, 3.63) is 0 Å². The van der Waals surface area contributed by atoms with Crippen molar-refractivity contribution in [1.29, 1.82) is 0 Å². The zero-order valence-electron chi connectivity index (χ0n) is 12.3. The van der Waals surface area contributed by atoms with Crippen LogP contribution in [0.25, 0.3) is 0 Å². The van der Waals surface area contributed by atoms with Crippen molar-refractivity contribution in [2.75, 3.05) is 0 Å². The molecule has 16 heavy (non-hydrogen) atoms. The van der Waals surface area contributed by atoms with Crippen molar-refractivity contribution in [2.24, 2.45) is 17.8 Å². The van der Waals surface area contributed by atoms with Crippen molar-refractivity contribution in [3.8, 4) is 0 Å². The van der Waals surface area contributed by atoms with Gasteiger partial charge in [-0.05, 0) is 25.2 Å². The molecule has 0 aromatic rings. The second-order valence-corrected chi connectivity index (χ2v) is 3.98. The summed E-state index contributed by atoms with van der Waals surface area (Å²) in [5.41, 5.74) is 0. The largest absolute Gasteiger partial charge is 1.00 e. The maximum absolute atomic E-state index is 10.9. The molecule has 1 fully saturated rings. The first kappa shape index (κ1) is 19.3. The van der Waals surface area contributed by atoms with E-state index in [2.05, 4.69) is 0 Å². The molecule has 3 atom stereocenters. The van der Waals surface area contributed by atoms with Gasteiger partial charge in [0.05, 0.1) is 11.8 Å². The molecule has 6 heteroatoms. The predicted octanol–water partition coefficient (Wildman–Crippen LogP) is -4.17. The SMILES string of the molecule is CCC1CCC(C(=O)O)C(C(=O)O)C1.[H-].[H-].[Na+].[Na+]. The van der Waals surface area contributed by atoms with E-state index in [-0.39, 0.29) is 62.0 Å². The number of aliphatic carboxylic acids is 2. The molecule has 0 aliphatic heterocycles. The number of hydrogen-bond donors (Lipinski definition) is 2. The van der Waals surface area contributed by atoms with Gasteiger partial charge in [0.1, 0.15) is 0 Å². The van der Waals surface area contributed by atoms with Crippen LogP contribution in [0, 0.1) is 17.8 Å². The molecule has 0 radical (unpaired) electrons. The van der Waals surface area contributed by atoms with E-state index in [0.29, 0.717) is 18.8 Å². The smallest absolute Gasteiger partial charge is 1.00 e. The number of carboxylic acids is 2. The van der Waals surface area contributed by atoms with Gasteiger partial charge >= 0.3 is 71.1 Å². The Hall–Kier alpha value is 0.940. The third-order valence-corrected chi connectivity index (χ3v) is 3.17. The zero-order valence-corrected chi connectivity index (χ0v) is 14.3. The van der Waals surface area contributed by atoms with Crippen LogP contribution in [0.15, 0.2) is 0 Å². The standard InChI is InChI=1S/C10H16O4.2Na.2H/c1-2-6-3-4-7(9(11)12)8(5-6)10(13)14;;;;/h6-8H,2-5H2,1H3,(H,11,12)(H,13,14);;;;/q;2*+1;2*-1. The minimum atomic E-state index is -0.966. The van der Waals surface area contributed by atoms with Crippen LogP contribution in [0.2, 0.25) is 0 Å². The summed E-state index contributed by atoms with van der Waals surface area (Å²) in [6.07, 6.45) is 2.81. The number of carboxylic acid groups (broad SMARTS) is 2. The Balaban J connectivity index is -0.000000245. The fourth-order valence-electron chi connectivity index (χ4n) is 2.20. The van der Waals surface area contributed by atoms with Gasteiger partial charge in [-0.3, -0.25) is 9.59 Å². The summed E-state index contributed by atoms with van der Waals surface area (Å²) < 4.78 is 0. The average Bonchev–Trinajstić information content (AvgIpc) is 2.16. The summed E-state index contributed by atoms with van der Waals surface area (Å²) in [6.45, 7) is 2.02. The minimum absolute atomic E-state index is 0. The van der Waals surface area contributed by atoms with Crippen LogP contribution in [0.4, 0.5) is 0 Å². The maximum Gasteiger partial charge on any atom is 1.00 e. The van der Waals surface area contributed by atoms with Crippen molar-refractivity contribution in [1.82, 2.24) is 0 Å². The maximum atomic E-state index is 10.9. The van der Waals surface area contributed by atoms with E-state index in [1.165, 1.54) is 0 Å². The van der Waals surface area contributed by atoms with E-state index < -0.39 is 23.8 Å². The molecule has 4 nitrogen and oxygen atoms in total. The third kappa shape index (κ3) is 5.07. The molecule has 84 valence electrons. The Morgan fingerprint density at radius 2 is 1.62 bits per heavy atom. The summed E-state index contributed by atoms with van der Waals surface area (Å²) in [5, 5.41) is 17.8. The molecule has 1 rings (SSSR count). The Kier molecular flexibility index (Phi) is 10.8. The number of hydrogen-bond acceptors (Lipinski definition) is 2. The predicted molar refractivity (Wildman–Crippen MR) is 52.1 cm³/mol. The summed E-state index contributed by atoms with van der Waals surface area (Å²) in [5.74, 6) is -2.92. The van der Waals surface area contributed by atoms with Gasteiger partial charge < -0.3 is 13.1 Å². The average molecular weight is 248 g/mol.